The zero-order valence-corrected chi connectivity index (χ0v) is 20.1. The molecule has 0 bridgehead atoms. The van der Waals surface area contributed by atoms with Crippen LogP contribution in [0.2, 0.25) is 10.0 Å². The van der Waals surface area contributed by atoms with Crippen LogP contribution in [0.5, 0.6) is 5.75 Å². The number of amides is 2. The van der Waals surface area contributed by atoms with Crippen molar-refractivity contribution < 1.29 is 14.3 Å². The van der Waals surface area contributed by atoms with Crippen LogP contribution in [0.1, 0.15) is 19.5 Å². The Morgan fingerprint density at radius 2 is 1.84 bits per heavy atom. The molecule has 9 heteroatoms. The molecule has 3 rings (SSSR count). The second-order valence-electron chi connectivity index (χ2n) is 6.85. The number of carbonyl (C=O) groups excluding carboxylic acids is 2. The molecule has 0 radical (unpaired) electrons. The van der Waals surface area contributed by atoms with Crippen LogP contribution in [0.3, 0.4) is 0 Å². The molecule has 168 valence electrons. The van der Waals surface area contributed by atoms with Gasteiger partial charge in [-0.1, -0.05) is 41.4 Å². The fourth-order valence-corrected chi connectivity index (χ4v) is 4.39. The van der Waals surface area contributed by atoms with Crippen molar-refractivity contribution in [3.05, 3.63) is 63.6 Å². The summed E-state index contributed by atoms with van der Waals surface area (Å²) in [4.78, 5) is 30.7. The maximum Gasteiger partial charge on any atom is 0.260 e. The summed E-state index contributed by atoms with van der Waals surface area (Å²) in [7, 11) is 0. The predicted octanol–water partition coefficient (Wildman–Crippen LogP) is 5.55. The van der Waals surface area contributed by atoms with Crippen molar-refractivity contribution in [2.24, 2.45) is 0 Å². The Hall–Kier alpha value is -2.61. The highest BCUT2D eigenvalue weighted by Crippen LogP contribution is 2.31. The lowest BCUT2D eigenvalue weighted by Crippen LogP contribution is -2.34. The third-order valence-electron chi connectivity index (χ3n) is 4.68. The Bertz CT molecular complexity index is 1100. The van der Waals surface area contributed by atoms with E-state index in [4.69, 9.17) is 27.9 Å². The largest absolute Gasteiger partial charge is 0.482 e. The summed E-state index contributed by atoms with van der Waals surface area (Å²) in [6, 6.07) is 12.4. The van der Waals surface area contributed by atoms with Crippen LogP contribution in [-0.4, -0.2) is 41.4 Å². The molecule has 1 aromatic heterocycles. The van der Waals surface area contributed by atoms with E-state index in [1.54, 1.807) is 29.2 Å². The number of rotatable bonds is 9. The highest BCUT2D eigenvalue weighted by atomic mass is 35.5. The lowest BCUT2D eigenvalue weighted by atomic mass is 10.2. The van der Waals surface area contributed by atoms with Gasteiger partial charge in [-0.15, -0.1) is 11.3 Å². The number of halogens is 2. The van der Waals surface area contributed by atoms with Crippen molar-refractivity contribution in [1.82, 2.24) is 9.88 Å². The number of thiazole rings is 1. The molecule has 1 heterocycles. The van der Waals surface area contributed by atoms with Crippen molar-refractivity contribution in [2.45, 2.75) is 20.3 Å². The van der Waals surface area contributed by atoms with E-state index >= 15 is 0 Å². The summed E-state index contributed by atoms with van der Waals surface area (Å²) >= 11 is 13.9. The molecule has 0 atom stereocenters. The molecule has 32 heavy (non-hydrogen) atoms. The molecule has 3 aromatic rings. The number of ether oxygens (including phenoxy) is 1. The fraction of sp³-hybridized carbons (Fsp3) is 0.261. The average Bonchev–Trinajstić information content (AvgIpc) is 3.22. The first-order valence-electron chi connectivity index (χ1n) is 10.1. The van der Waals surface area contributed by atoms with Gasteiger partial charge in [0.25, 0.3) is 5.91 Å². The Labute approximate surface area is 201 Å². The molecule has 2 aromatic carbocycles. The third kappa shape index (κ3) is 6.22. The van der Waals surface area contributed by atoms with Gasteiger partial charge >= 0.3 is 0 Å². The van der Waals surface area contributed by atoms with Gasteiger partial charge in [0.05, 0.1) is 22.2 Å². The molecule has 0 aliphatic rings. The summed E-state index contributed by atoms with van der Waals surface area (Å²) in [5.74, 6) is 0.0550. The Balaban J connectivity index is 1.57. The molecule has 0 saturated carbocycles. The number of hydrogen-bond acceptors (Lipinski definition) is 5. The normalized spacial score (nSPS) is 10.6. The van der Waals surface area contributed by atoms with Crippen molar-refractivity contribution in [1.29, 1.82) is 0 Å². The number of benzene rings is 2. The monoisotopic (exact) mass is 491 g/mol. The topological polar surface area (TPSA) is 71.5 Å². The van der Waals surface area contributed by atoms with Crippen LogP contribution in [0.15, 0.2) is 47.8 Å². The lowest BCUT2D eigenvalue weighted by molar-refractivity contribution is -0.133. The zero-order chi connectivity index (χ0) is 23.1. The number of nitrogens with zero attached hydrogens (tertiary/aromatic N) is 2. The summed E-state index contributed by atoms with van der Waals surface area (Å²) in [6.07, 6.45) is 0.120. The maximum absolute atomic E-state index is 12.4. The minimum atomic E-state index is -0.220. The van der Waals surface area contributed by atoms with Gasteiger partial charge in [-0.3, -0.25) is 9.59 Å². The van der Waals surface area contributed by atoms with Crippen molar-refractivity contribution in [2.75, 3.05) is 25.0 Å². The Kier molecular flexibility index (Phi) is 8.50. The molecule has 6 nitrogen and oxygen atoms in total. The molecule has 2 amide bonds. The first kappa shape index (κ1) is 24.0. The molecule has 1 N–H and O–H groups in total. The van der Waals surface area contributed by atoms with Gasteiger partial charge in [0, 0.05) is 29.7 Å². The summed E-state index contributed by atoms with van der Waals surface area (Å²) in [6.45, 7) is 4.97. The third-order valence-corrected chi connectivity index (χ3v) is 6.23. The van der Waals surface area contributed by atoms with E-state index in [2.05, 4.69) is 10.3 Å². The van der Waals surface area contributed by atoms with Crippen LogP contribution < -0.4 is 10.1 Å². The van der Waals surface area contributed by atoms with E-state index in [0.29, 0.717) is 40.3 Å². The first-order chi connectivity index (χ1) is 15.4. The fourth-order valence-electron chi connectivity index (χ4n) is 3.02. The van der Waals surface area contributed by atoms with Crippen molar-refractivity contribution in [3.8, 4) is 16.3 Å². The minimum Gasteiger partial charge on any atom is -0.482 e. The van der Waals surface area contributed by atoms with Gasteiger partial charge in [0.15, 0.2) is 6.61 Å². The maximum atomic E-state index is 12.4. The molecule has 0 aliphatic heterocycles. The number of carbonyl (C=O) groups is 2. The second kappa shape index (κ2) is 11.3. The van der Waals surface area contributed by atoms with Crippen molar-refractivity contribution in [3.63, 3.8) is 0 Å². The Morgan fingerprint density at radius 3 is 2.53 bits per heavy atom. The van der Waals surface area contributed by atoms with E-state index in [0.717, 1.165) is 10.6 Å². The average molecular weight is 492 g/mol. The van der Waals surface area contributed by atoms with Gasteiger partial charge in [-0.25, -0.2) is 4.98 Å². The SMILES string of the molecule is CCN(CC)C(=O)COc1ccc(NC(=O)Cc2csc(-c3ccccc3Cl)n2)cc1Cl. The highest BCUT2D eigenvalue weighted by molar-refractivity contribution is 7.13. The number of nitrogens with one attached hydrogen (secondary N) is 1. The molecule has 0 saturated heterocycles. The first-order valence-corrected chi connectivity index (χ1v) is 11.7. The lowest BCUT2D eigenvalue weighted by Gasteiger charge is -2.19. The summed E-state index contributed by atoms with van der Waals surface area (Å²) in [5, 5.41) is 6.34. The number of likely N-dealkylation sites (N-methyl/N-ethyl adjacent to an activating group) is 1. The van der Waals surface area contributed by atoms with E-state index in [1.165, 1.54) is 11.3 Å². The predicted molar refractivity (Wildman–Crippen MR) is 130 cm³/mol. The minimum absolute atomic E-state index is 0.0926. The van der Waals surface area contributed by atoms with E-state index in [1.807, 2.05) is 37.4 Å². The zero-order valence-electron chi connectivity index (χ0n) is 17.7. The smallest absolute Gasteiger partial charge is 0.260 e. The summed E-state index contributed by atoms with van der Waals surface area (Å²) < 4.78 is 5.54. The van der Waals surface area contributed by atoms with Crippen molar-refractivity contribution >= 4 is 52.0 Å². The van der Waals surface area contributed by atoms with Gasteiger partial charge in [0.1, 0.15) is 10.8 Å². The van der Waals surface area contributed by atoms with Crippen LogP contribution in [0.25, 0.3) is 10.6 Å². The Morgan fingerprint density at radius 1 is 1.09 bits per heavy atom. The molecular weight excluding hydrogens is 469 g/mol. The van der Waals surface area contributed by atoms with Crippen LogP contribution in [0.4, 0.5) is 5.69 Å². The van der Waals surface area contributed by atoms with Crippen LogP contribution >= 0.6 is 34.5 Å². The number of aromatic nitrogens is 1. The van der Waals surface area contributed by atoms with E-state index in [-0.39, 0.29) is 24.8 Å². The summed E-state index contributed by atoms with van der Waals surface area (Å²) in [5.41, 5.74) is 2.03. The molecule has 0 fully saturated rings. The number of hydrogen-bond donors (Lipinski definition) is 1. The standard InChI is InChI=1S/C23H23Cl2N3O3S/c1-3-28(4-2)22(30)13-31-20-10-9-15(11-19(20)25)26-21(29)12-16-14-32-23(27-16)17-7-5-6-8-18(17)24/h5-11,14H,3-4,12-13H2,1-2H3,(H,26,29). The van der Waals surface area contributed by atoms with E-state index < -0.39 is 0 Å². The van der Waals surface area contributed by atoms with E-state index in [9.17, 15) is 9.59 Å². The molecule has 0 spiro atoms. The second-order valence-corrected chi connectivity index (χ2v) is 8.52. The van der Waals surface area contributed by atoms with Gasteiger partial charge in [-0.2, -0.15) is 0 Å². The highest BCUT2D eigenvalue weighted by Gasteiger charge is 2.14. The van der Waals surface area contributed by atoms with Gasteiger partial charge < -0.3 is 15.0 Å². The van der Waals surface area contributed by atoms with Gasteiger partial charge in [-0.05, 0) is 38.1 Å². The molecule has 0 unspecified atom stereocenters. The number of anilines is 1. The molecule has 0 aliphatic carbocycles. The van der Waals surface area contributed by atoms with Crippen LogP contribution in [0, 0.1) is 0 Å². The van der Waals surface area contributed by atoms with Crippen LogP contribution in [-0.2, 0) is 16.0 Å². The van der Waals surface area contributed by atoms with Gasteiger partial charge in [0.2, 0.25) is 5.91 Å². The molecular formula is C23H23Cl2N3O3S. The quantitative estimate of drug-likeness (QED) is 0.426.